The highest BCUT2D eigenvalue weighted by Crippen LogP contribution is 2.43. The summed E-state index contributed by atoms with van der Waals surface area (Å²) in [4.78, 5) is 125. The Morgan fingerprint density at radius 2 is 0.904 bits per heavy atom. The molecule has 578 valence electrons. The summed E-state index contributed by atoms with van der Waals surface area (Å²) in [7, 11) is 0. The maximum Gasteiger partial charge on any atom is 0.408 e. The van der Waals surface area contributed by atoms with Gasteiger partial charge in [-0.3, -0.25) is 19.2 Å². The van der Waals surface area contributed by atoms with Crippen LogP contribution >= 0.6 is 0 Å². The van der Waals surface area contributed by atoms with E-state index in [9.17, 15) is 43.5 Å². The second-order valence-electron chi connectivity index (χ2n) is 30.6. The van der Waals surface area contributed by atoms with Crippen molar-refractivity contribution in [3.8, 4) is 0 Å². The Labute approximate surface area is 609 Å². The molecule has 3 aromatic carbocycles. The van der Waals surface area contributed by atoms with Crippen molar-refractivity contribution >= 4 is 54.3 Å². The van der Waals surface area contributed by atoms with Crippen molar-refractivity contribution in [3.63, 3.8) is 0 Å². The molecule has 8 N–H and O–H groups in total. The van der Waals surface area contributed by atoms with Crippen LogP contribution in [0.5, 0.6) is 0 Å². The summed E-state index contributed by atoms with van der Waals surface area (Å²) in [5, 5.41) is 31.0. The zero-order valence-electron chi connectivity index (χ0n) is 63.0. The molecule has 2 heterocycles. The quantitative estimate of drug-likeness (QED) is 0.0216. The lowest BCUT2D eigenvalue weighted by Crippen LogP contribution is -2.73. The molecule has 3 aliphatic rings. The third kappa shape index (κ3) is 26.9. The van der Waals surface area contributed by atoms with E-state index in [4.69, 9.17) is 61.6 Å². The smallest absolute Gasteiger partial charge is 0.408 e. The number of amides is 6. The molecule has 104 heavy (non-hydrogen) atoms. The zero-order chi connectivity index (χ0) is 77.1. The average Bonchev–Trinajstić information content (AvgIpc) is 0.759. The molecule has 14 atom stereocenters. The summed E-state index contributed by atoms with van der Waals surface area (Å²) in [5.74, 6) is -3.69. The number of carbonyl (C=O) groups excluding carboxylic acids is 9. The zero-order valence-corrected chi connectivity index (χ0v) is 63.0. The van der Waals surface area contributed by atoms with Crippen LogP contribution in [0.3, 0.4) is 0 Å². The summed E-state index contributed by atoms with van der Waals surface area (Å²) in [5.41, 5.74) is -4.56. The van der Waals surface area contributed by atoms with Crippen molar-refractivity contribution in [2.45, 2.75) is 269 Å². The molecule has 0 radical (unpaired) electrons. The Balaban J connectivity index is 1.62. The van der Waals surface area contributed by atoms with Gasteiger partial charge < -0.3 is 104 Å². The van der Waals surface area contributed by atoms with Gasteiger partial charge in [-0.05, 0) is 140 Å². The van der Waals surface area contributed by atoms with Gasteiger partial charge in [0.25, 0.3) is 5.91 Å². The summed E-state index contributed by atoms with van der Waals surface area (Å²) >= 11 is 0. The standard InChI is InChI=1S/C74H109N7O23/c1-43(83)93-53(36-37-76-64(87)100-69(4,5)6)61(86)78-51-40-52(80-67(90)103-72(13,14)15)58(98-62-50(79-66(89)102-71(10,11)12)35-34-49(96-62)41-77-65(88)101-70(7,8)9)55(75-38-39-82)57(51)99-63-60(95-45(3)85)56(81-68(91)104-73(16,17)18)59(94-44(2)84)54(97-63)42-92-74(46-28-22-19-23-29-46,47-30-24-20-25-31-47)48-32-26-21-27-33-48/h19-33,49-60,62-63,75,82H,34-42H2,1-18H3,(H,76,87)(H,77,88)(H,78,86)(H,79,89)(H,80,90)(H,81,91)/t49?,50?,51-,52-,53+,54?,55?,56+,57+,58?,59+,60?,62-,63-/m1/s1. The van der Waals surface area contributed by atoms with Crippen molar-refractivity contribution in [2.24, 2.45) is 0 Å². The summed E-state index contributed by atoms with van der Waals surface area (Å²) in [6.45, 7) is 26.3. The lowest BCUT2D eigenvalue weighted by atomic mass is 9.80. The molecular formula is C74H109N7O23. The Hall–Kier alpha value is -8.39. The molecule has 3 aromatic rings. The number of hydrogen-bond donors (Lipinski definition) is 8. The number of benzene rings is 3. The highest BCUT2D eigenvalue weighted by molar-refractivity contribution is 5.84. The molecule has 0 bridgehead atoms. The van der Waals surface area contributed by atoms with Crippen molar-refractivity contribution in [1.82, 2.24) is 37.2 Å². The minimum absolute atomic E-state index is 0.127. The van der Waals surface area contributed by atoms with Crippen LogP contribution in [0.15, 0.2) is 91.0 Å². The van der Waals surface area contributed by atoms with Crippen LogP contribution in [0.4, 0.5) is 24.0 Å². The van der Waals surface area contributed by atoms with Gasteiger partial charge in [0.15, 0.2) is 30.9 Å². The van der Waals surface area contributed by atoms with Gasteiger partial charge >= 0.3 is 48.4 Å². The van der Waals surface area contributed by atoms with Gasteiger partial charge in [0.1, 0.15) is 45.8 Å². The van der Waals surface area contributed by atoms with E-state index in [-0.39, 0.29) is 38.9 Å². The molecule has 30 nitrogen and oxygen atoms in total. The molecular weight excluding hydrogens is 1350 g/mol. The minimum atomic E-state index is -1.96. The molecule has 6 rings (SSSR count). The number of carbonyl (C=O) groups is 9. The van der Waals surface area contributed by atoms with Crippen LogP contribution in [0.25, 0.3) is 0 Å². The fraction of sp³-hybridized carbons (Fsp3) is 0.635. The van der Waals surface area contributed by atoms with E-state index >= 15 is 4.79 Å². The monoisotopic (exact) mass is 1460 g/mol. The first kappa shape index (κ1) is 84.5. The summed E-state index contributed by atoms with van der Waals surface area (Å²) in [6.07, 6.45) is -19.0. The van der Waals surface area contributed by atoms with E-state index in [2.05, 4.69) is 37.2 Å². The van der Waals surface area contributed by atoms with Gasteiger partial charge in [-0.1, -0.05) is 91.0 Å². The highest BCUT2D eigenvalue weighted by atomic mass is 16.7. The number of aliphatic hydroxyl groups is 1. The van der Waals surface area contributed by atoms with E-state index in [1.807, 2.05) is 91.0 Å². The second-order valence-corrected chi connectivity index (χ2v) is 30.6. The summed E-state index contributed by atoms with van der Waals surface area (Å²) in [6, 6.07) is 20.8. The second kappa shape index (κ2) is 37.0. The van der Waals surface area contributed by atoms with E-state index in [1.165, 1.54) is 0 Å². The van der Waals surface area contributed by atoms with E-state index in [0.29, 0.717) is 16.7 Å². The third-order valence-corrected chi connectivity index (χ3v) is 15.8. The van der Waals surface area contributed by atoms with Gasteiger partial charge in [0, 0.05) is 46.8 Å². The molecule has 3 fully saturated rings. The van der Waals surface area contributed by atoms with Crippen molar-refractivity contribution in [2.75, 3.05) is 32.8 Å². The maximum absolute atomic E-state index is 15.3. The topological polar surface area (TPSA) is 378 Å². The Bertz CT molecular complexity index is 3220. The molecule has 2 aliphatic heterocycles. The van der Waals surface area contributed by atoms with Gasteiger partial charge in [-0.15, -0.1) is 0 Å². The highest BCUT2D eigenvalue weighted by Gasteiger charge is 2.57. The fourth-order valence-corrected chi connectivity index (χ4v) is 12.1. The van der Waals surface area contributed by atoms with E-state index in [1.54, 1.807) is 104 Å². The van der Waals surface area contributed by atoms with Crippen molar-refractivity contribution < 1.29 is 110 Å². The largest absolute Gasteiger partial charge is 0.457 e. The number of hydrogen-bond acceptors (Lipinski definition) is 24. The number of alkyl carbamates (subject to hydrolysis) is 5. The molecule has 2 saturated heterocycles. The molecule has 1 aliphatic carbocycles. The number of rotatable bonds is 26. The van der Waals surface area contributed by atoms with Crippen LogP contribution in [0, 0.1) is 0 Å². The normalized spacial score (nSPS) is 24.1. The lowest BCUT2D eigenvalue weighted by Gasteiger charge is -2.52. The third-order valence-electron chi connectivity index (χ3n) is 15.8. The van der Waals surface area contributed by atoms with Crippen LogP contribution < -0.4 is 37.2 Å². The first-order chi connectivity index (χ1) is 48.5. The predicted molar refractivity (Wildman–Crippen MR) is 376 cm³/mol. The number of esters is 3. The number of ether oxygens (including phenoxy) is 13. The van der Waals surface area contributed by atoms with E-state index in [0.717, 1.165) is 20.8 Å². The average molecular weight is 1460 g/mol. The summed E-state index contributed by atoms with van der Waals surface area (Å²) < 4.78 is 82.1. The van der Waals surface area contributed by atoms with Crippen LogP contribution in [-0.2, 0) is 86.4 Å². The fourth-order valence-electron chi connectivity index (χ4n) is 12.1. The number of aliphatic hydroxyl groups excluding tert-OH is 1. The maximum atomic E-state index is 15.3. The Morgan fingerprint density at radius 1 is 0.471 bits per heavy atom. The van der Waals surface area contributed by atoms with Gasteiger partial charge in [0.2, 0.25) is 0 Å². The van der Waals surface area contributed by atoms with Crippen LogP contribution in [-0.4, -0.2) is 206 Å². The molecule has 0 aromatic heterocycles. The van der Waals surface area contributed by atoms with Gasteiger partial charge in [-0.25, -0.2) is 24.0 Å². The lowest BCUT2D eigenvalue weighted by molar-refractivity contribution is -0.312. The molecule has 6 amide bonds. The molecule has 6 unspecified atom stereocenters. The van der Waals surface area contributed by atoms with Crippen molar-refractivity contribution in [3.05, 3.63) is 108 Å². The SMILES string of the molecule is CC(=O)OC1[C@@H](O[C@@H]2C(NCCO)C(O[C@H]3OC(CNC(=O)OC(C)(C)C)CCC3NC(=O)OC(C)(C)C)[C@H](NC(=O)OC(C)(C)C)C[C@H]2NC(=O)[C@H](CCNC(=O)OC(C)(C)C)OC(C)=O)OC(COC(c2ccccc2)(c2ccccc2)c2ccccc2)[C@H](OC(C)=O)[C@@H]1NC(=O)OC(C)(C)C. The first-order valence-corrected chi connectivity index (χ1v) is 35.0. The van der Waals surface area contributed by atoms with Crippen molar-refractivity contribution in [1.29, 1.82) is 0 Å². The van der Waals surface area contributed by atoms with E-state index < -0.39 is 193 Å². The molecule has 0 spiro atoms. The van der Waals surface area contributed by atoms with Gasteiger partial charge in [-0.2, -0.15) is 0 Å². The van der Waals surface area contributed by atoms with Crippen LogP contribution in [0.1, 0.15) is 167 Å². The molecule has 1 saturated carbocycles. The Morgan fingerprint density at radius 3 is 1.37 bits per heavy atom. The minimum Gasteiger partial charge on any atom is -0.457 e. The predicted octanol–water partition coefficient (Wildman–Crippen LogP) is 7.75. The first-order valence-electron chi connectivity index (χ1n) is 35.0. The van der Waals surface area contributed by atoms with Gasteiger partial charge in [0.05, 0.1) is 55.7 Å². The molecule has 30 heteroatoms. The van der Waals surface area contributed by atoms with Crippen LogP contribution in [0.2, 0.25) is 0 Å². The number of nitrogens with one attached hydrogen (secondary N) is 7. The Kier molecular flexibility index (Phi) is 30.1.